The first-order valence-corrected chi connectivity index (χ1v) is 5.69. The van der Waals surface area contributed by atoms with E-state index in [-0.39, 0.29) is 6.04 Å². The van der Waals surface area contributed by atoms with E-state index in [4.69, 9.17) is 5.84 Å². The van der Waals surface area contributed by atoms with Crippen molar-refractivity contribution in [3.05, 3.63) is 60.3 Å². The van der Waals surface area contributed by atoms with Gasteiger partial charge in [0.1, 0.15) is 11.9 Å². The molecule has 0 aliphatic heterocycles. The molecule has 2 aromatic heterocycles. The zero-order chi connectivity index (χ0) is 12.4. The predicted octanol–water partition coefficient (Wildman–Crippen LogP) is 1.51. The first kappa shape index (κ1) is 10.9. The zero-order valence-corrected chi connectivity index (χ0v) is 9.67. The summed E-state index contributed by atoms with van der Waals surface area (Å²) in [5.74, 6) is 6.44. The molecule has 4 N–H and O–H groups in total. The SMILES string of the molecule is NNC(c1ncc[nH]1)c1cccc2ncccc12. The second-order valence-corrected chi connectivity index (χ2v) is 3.99. The van der Waals surface area contributed by atoms with Gasteiger partial charge in [0, 0.05) is 24.0 Å². The van der Waals surface area contributed by atoms with Gasteiger partial charge >= 0.3 is 0 Å². The predicted molar refractivity (Wildman–Crippen MR) is 69.5 cm³/mol. The van der Waals surface area contributed by atoms with Crippen molar-refractivity contribution in [3.63, 3.8) is 0 Å². The van der Waals surface area contributed by atoms with Crippen LogP contribution in [0.3, 0.4) is 0 Å². The van der Waals surface area contributed by atoms with Crippen molar-refractivity contribution in [2.45, 2.75) is 6.04 Å². The van der Waals surface area contributed by atoms with Crippen molar-refractivity contribution in [2.24, 2.45) is 5.84 Å². The lowest BCUT2D eigenvalue weighted by molar-refractivity contribution is 0.611. The Hall–Kier alpha value is -2.24. The summed E-state index contributed by atoms with van der Waals surface area (Å²) in [4.78, 5) is 11.7. The van der Waals surface area contributed by atoms with Crippen molar-refractivity contribution in [1.29, 1.82) is 0 Å². The van der Waals surface area contributed by atoms with E-state index >= 15 is 0 Å². The minimum Gasteiger partial charge on any atom is -0.347 e. The van der Waals surface area contributed by atoms with Crippen molar-refractivity contribution in [2.75, 3.05) is 0 Å². The molecule has 0 saturated heterocycles. The van der Waals surface area contributed by atoms with Gasteiger partial charge in [-0.3, -0.25) is 10.8 Å². The van der Waals surface area contributed by atoms with Crippen LogP contribution in [-0.4, -0.2) is 15.0 Å². The van der Waals surface area contributed by atoms with Gasteiger partial charge in [0.15, 0.2) is 0 Å². The number of aromatic nitrogens is 3. The number of hydrogen-bond acceptors (Lipinski definition) is 4. The van der Waals surface area contributed by atoms with E-state index in [1.54, 1.807) is 18.6 Å². The number of rotatable bonds is 3. The average Bonchev–Trinajstić information content (AvgIpc) is 2.94. The largest absolute Gasteiger partial charge is 0.347 e. The molecule has 3 aromatic rings. The number of benzene rings is 1. The molecule has 5 nitrogen and oxygen atoms in total. The molecular weight excluding hydrogens is 226 g/mol. The van der Waals surface area contributed by atoms with Crippen LogP contribution >= 0.6 is 0 Å². The Kier molecular flexibility index (Phi) is 2.76. The number of hydrogen-bond donors (Lipinski definition) is 3. The molecule has 0 aliphatic carbocycles. The van der Waals surface area contributed by atoms with Gasteiger partial charge in [0.2, 0.25) is 0 Å². The number of pyridine rings is 1. The highest BCUT2D eigenvalue weighted by atomic mass is 15.2. The maximum absolute atomic E-state index is 5.66. The van der Waals surface area contributed by atoms with Gasteiger partial charge in [-0.15, -0.1) is 0 Å². The topological polar surface area (TPSA) is 79.6 Å². The number of hydrazine groups is 1. The summed E-state index contributed by atoms with van der Waals surface area (Å²) in [7, 11) is 0. The van der Waals surface area contributed by atoms with Crippen LogP contribution in [0.4, 0.5) is 0 Å². The van der Waals surface area contributed by atoms with Crippen LogP contribution < -0.4 is 11.3 Å². The Bertz CT molecular complexity index is 642. The van der Waals surface area contributed by atoms with Crippen molar-refractivity contribution < 1.29 is 0 Å². The lowest BCUT2D eigenvalue weighted by Crippen LogP contribution is -2.29. The molecule has 0 spiro atoms. The highest BCUT2D eigenvalue weighted by molar-refractivity contribution is 5.82. The van der Waals surface area contributed by atoms with Gasteiger partial charge in [0.05, 0.1) is 5.52 Å². The second-order valence-electron chi connectivity index (χ2n) is 3.99. The molecule has 0 saturated carbocycles. The molecule has 0 fully saturated rings. The van der Waals surface area contributed by atoms with E-state index in [9.17, 15) is 0 Å². The third-order valence-corrected chi connectivity index (χ3v) is 2.95. The van der Waals surface area contributed by atoms with Gasteiger partial charge in [-0.05, 0) is 17.7 Å². The molecule has 0 radical (unpaired) electrons. The summed E-state index contributed by atoms with van der Waals surface area (Å²) < 4.78 is 0. The Labute approximate surface area is 104 Å². The fourth-order valence-electron chi connectivity index (χ4n) is 2.13. The monoisotopic (exact) mass is 239 g/mol. The molecule has 2 heterocycles. The number of aromatic amines is 1. The molecule has 18 heavy (non-hydrogen) atoms. The fourth-order valence-corrected chi connectivity index (χ4v) is 2.13. The third-order valence-electron chi connectivity index (χ3n) is 2.95. The molecular formula is C13H13N5. The van der Waals surface area contributed by atoms with Gasteiger partial charge in [-0.1, -0.05) is 18.2 Å². The number of imidazole rings is 1. The van der Waals surface area contributed by atoms with Crippen molar-refractivity contribution in [3.8, 4) is 0 Å². The van der Waals surface area contributed by atoms with Crippen LogP contribution in [0.25, 0.3) is 10.9 Å². The molecule has 1 aromatic carbocycles. The normalized spacial score (nSPS) is 12.7. The molecule has 1 unspecified atom stereocenters. The Morgan fingerprint density at radius 1 is 1.11 bits per heavy atom. The number of fused-ring (bicyclic) bond motifs is 1. The summed E-state index contributed by atoms with van der Waals surface area (Å²) in [6.07, 6.45) is 5.27. The number of nitrogens with zero attached hydrogens (tertiary/aromatic N) is 2. The van der Waals surface area contributed by atoms with Crippen LogP contribution in [0, 0.1) is 0 Å². The lowest BCUT2D eigenvalue weighted by Gasteiger charge is -2.15. The minimum atomic E-state index is -0.173. The molecule has 90 valence electrons. The average molecular weight is 239 g/mol. The lowest BCUT2D eigenvalue weighted by atomic mass is 10.0. The smallest absolute Gasteiger partial charge is 0.129 e. The highest BCUT2D eigenvalue weighted by Crippen LogP contribution is 2.25. The number of nitrogens with one attached hydrogen (secondary N) is 2. The van der Waals surface area contributed by atoms with E-state index in [1.165, 1.54) is 0 Å². The number of nitrogens with two attached hydrogens (primary N) is 1. The Morgan fingerprint density at radius 2 is 2.06 bits per heavy atom. The first-order chi connectivity index (χ1) is 8.90. The maximum atomic E-state index is 5.66. The summed E-state index contributed by atoms with van der Waals surface area (Å²) in [5.41, 5.74) is 4.79. The number of H-pyrrole nitrogens is 1. The summed E-state index contributed by atoms with van der Waals surface area (Å²) in [5, 5.41) is 1.07. The summed E-state index contributed by atoms with van der Waals surface area (Å²) in [6, 6.07) is 9.75. The fraction of sp³-hybridized carbons (Fsp3) is 0.0769. The maximum Gasteiger partial charge on any atom is 0.129 e. The molecule has 0 aliphatic rings. The van der Waals surface area contributed by atoms with Crippen LogP contribution in [0.5, 0.6) is 0 Å². The molecule has 0 amide bonds. The summed E-state index contributed by atoms with van der Waals surface area (Å²) in [6.45, 7) is 0. The van der Waals surface area contributed by atoms with E-state index in [0.29, 0.717) is 0 Å². The van der Waals surface area contributed by atoms with E-state index in [0.717, 1.165) is 22.3 Å². The van der Waals surface area contributed by atoms with Gasteiger partial charge in [0.25, 0.3) is 0 Å². The van der Waals surface area contributed by atoms with E-state index in [2.05, 4.69) is 20.4 Å². The second kappa shape index (κ2) is 4.56. The van der Waals surface area contributed by atoms with Crippen LogP contribution in [0.2, 0.25) is 0 Å². The Morgan fingerprint density at radius 3 is 2.83 bits per heavy atom. The van der Waals surface area contributed by atoms with Gasteiger partial charge < -0.3 is 4.98 Å². The molecule has 5 heteroatoms. The summed E-state index contributed by atoms with van der Waals surface area (Å²) >= 11 is 0. The molecule has 0 bridgehead atoms. The quantitative estimate of drug-likeness (QED) is 0.478. The molecule has 1 atom stereocenters. The third kappa shape index (κ3) is 1.75. The van der Waals surface area contributed by atoms with Crippen molar-refractivity contribution >= 4 is 10.9 Å². The van der Waals surface area contributed by atoms with E-state index in [1.807, 2.05) is 30.3 Å². The van der Waals surface area contributed by atoms with Crippen LogP contribution in [0.15, 0.2) is 48.9 Å². The van der Waals surface area contributed by atoms with Crippen LogP contribution in [0.1, 0.15) is 17.4 Å². The zero-order valence-electron chi connectivity index (χ0n) is 9.67. The van der Waals surface area contributed by atoms with E-state index < -0.39 is 0 Å². The standard InChI is InChI=1S/C13H13N5/c14-18-12(13-16-7-8-17-13)10-3-1-5-11-9(10)4-2-6-15-11/h1-8,12,18H,14H2,(H,16,17). The first-order valence-electron chi connectivity index (χ1n) is 5.69. The molecule has 3 rings (SSSR count). The van der Waals surface area contributed by atoms with Gasteiger partial charge in [-0.25, -0.2) is 10.4 Å². The Balaban J connectivity index is 2.18. The van der Waals surface area contributed by atoms with Crippen molar-refractivity contribution in [1.82, 2.24) is 20.4 Å². The van der Waals surface area contributed by atoms with Gasteiger partial charge in [-0.2, -0.15) is 0 Å². The van der Waals surface area contributed by atoms with Crippen LogP contribution in [-0.2, 0) is 0 Å². The minimum absolute atomic E-state index is 0.173. The highest BCUT2D eigenvalue weighted by Gasteiger charge is 2.17.